The molecule has 2 aliphatic rings. The third-order valence-electron chi connectivity index (χ3n) is 6.14. The Balaban J connectivity index is 1.48. The molecular formula is C24H27N3O3S2. The van der Waals surface area contributed by atoms with Crippen LogP contribution in [-0.4, -0.2) is 33.4 Å². The average molecular weight is 470 g/mol. The molecule has 5 rings (SSSR count). The average Bonchev–Trinajstić information content (AvgIpc) is 3.44. The number of nitrogens with zero attached hydrogens (tertiary/aromatic N) is 2. The third kappa shape index (κ3) is 4.36. The molecule has 6 nitrogen and oxygen atoms in total. The molecule has 2 aromatic heterocycles. The van der Waals surface area contributed by atoms with Crippen LogP contribution in [0.5, 0.6) is 0 Å². The van der Waals surface area contributed by atoms with Gasteiger partial charge in [-0.25, -0.2) is 4.98 Å². The second kappa shape index (κ2) is 9.37. The Bertz CT molecular complexity index is 1180. The topological polar surface area (TPSA) is 73.2 Å². The summed E-state index contributed by atoms with van der Waals surface area (Å²) in [6.45, 7) is 3.08. The van der Waals surface area contributed by atoms with E-state index in [1.54, 1.807) is 15.9 Å². The maximum Gasteiger partial charge on any atom is 0.263 e. The number of carbonyl (C=O) groups excluding carboxylic acids is 1. The number of hydrogen-bond donors (Lipinski definition) is 1. The van der Waals surface area contributed by atoms with Gasteiger partial charge in [0, 0.05) is 17.2 Å². The quantitative estimate of drug-likeness (QED) is 0.421. The number of aromatic nitrogens is 2. The van der Waals surface area contributed by atoms with Crippen LogP contribution < -0.4 is 10.9 Å². The number of carbonyl (C=O) groups is 1. The first kappa shape index (κ1) is 21.7. The highest BCUT2D eigenvalue weighted by Gasteiger charge is 2.26. The zero-order chi connectivity index (χ0) is 22.1. The highest BCUT2D eigenvalue weighted by Crippen LogP contribution is 2.35. The van der Waals surface area contributed by atoms with Crippen LogP contribution in [0.15, 0.2) is 40.3 Å². The fourth-order valence-corrected chi connectivity index (χ4v) is 6.66. The monoisotopic (exact) mass is 469 g/mol. The molecule has 3 heterocycles. The Morgan fingerprint density at radius 1 is 1.28 bits per heavy atom. The van der Waals surface area contributed by atoms with Gasteiger partial charge >= 0.3 is 0 Å². The summed E-state index contributed by atoms with van der Waals surface area (Å²) < 4.78 is 7.59. The molecule has 32 heavy (non-hydrogen) atoms. The van der Waals surface area contributed by atoms with E-state index < -0.39 is 5.25 Å². The van der Waals surface area contributed by atoms with Gasteiger partial charge in [-0.15, -0.1) is 11.3 Å². The second-order valence-corrected chi connectivity index (χ2v) is 10.8. The number of benzene rings is 1. The van der Waals surface area contributed by atoms with Crippen LogP contribution in [0.3, 0.4) is 0 Å². The Morgan fingerprint density at radius 2 is 2.09 bits per heavy atom. The van der Waals surface area contributed by atoms with Gasteiger partial charge in [0.1, 0.15) is 4.83 Å². The summed E-state index contributed by atoms with van der Waals surface area (Å²) >= 11 is 2.99. The van der Waals surface area contributed by atoms with E-state index >= 15 is 0 Å². The van der Waals surface area contributed by atoms with Crippen molar-refractivity contribution in [2.45, 2.75) is 68.5 Å². The summed E-state index contributed by atoms with van der Waals surface area (Å²) in [5, 5.41) is 3.94. The van der Waals surface area contributed by atoms with Crippen molar-refractivity contribution in [1.82, 2.24) is 9.55 Å². The fraction of sp³-hybridized carbons (Fsp3) is 0.458. The van der Waals surface area contributed by atoms with Crippen LogP contribution in [0.4, 0.5) is 5.69 Å². The molecule has 2 unspecified atom stereocenters. The smallest absolute Gasteiger partial charge is 0.263 e. The molecule has 0 radical (unpaired) electrons. The van der Waals surface area contributed by atoms with Crippen molar-refractivity contribution in [2.75, 3.05) is 11.9 Å². The van der Waals surface area contributed by atoms with Crippen LogP contribution in [-0.2, 0) is 28.9 Å². The lowest BCUT2D eigenvalue weighted by Crippen LogP contribution is -2.30. The number of thioether (sulfide) groups is 1. The van der Waals surface area contributed by atoms with Crippen molar-refractivity contribution in [3.8, 4) is 0 Å². The first-order valence-electron chi connectivity index (χ1n) is 11.3. The standard InChI is InChI=1S/C24H27N3O3S2/c1-15(21(28)25-16-8-3-2-4-9-16)31-24-26-22-20(18-11-5-6-12-19(18)32-22)23(29)27(24)14-17-10-7-13-30-17/h2-4,8-9,15,17H,5-7,10-14H2,1H3,(H,25,28). The van der Waals surface area contributed by atoms with E-state index in [-0.39, 0.29) is 17.6 Å². The van der Waals surface area contributed by atoms with Crippen LogP contribution in [0.25, 0.3) is 10.2 Å². The molecule has 1 aromatic carbocycles. The summed E-state index contributed by atoms with van der Waals surface area (Å²) in [5.74, 6) is -0.107. The number of rotatable bonds is 6. The largest absolute Gasteiger partial charge is 0.376 e. The minimum atomic E-state index is -0.398. The molecule has 168 valence electrons. The van der Waals surface area contributed by atoms with E-state index in [1.165, 1.54) is 28.6 Å². The third-order valence-corrected chi connectivity index (χ3v) is 8.42. The molecule has 1 N–H and O–H groups in total. The van der Waals surface area contributed by atoms with Gasteiger partial charge in [0.05, 0.1) is 23.3 Å². The van der Waals surface area contributed by atoms with E-state index in [4.69, 9.17) is 9.72 Å². The molecule has 1 saturated heterocycles. The Morgan fingerprint density at radius 3 is 2.88 bits per heavy atom. The van der Waals surface area contributed by atoms with Crippen LogP contribution in [0.2, 0.25) is 0 Å². The van der Waals surface area contributed by atoms with Gasteiger partial charge in [-0.3, -0.25) is 14.2 Å². The van der Waals surface area contributed by atoms with E-state index in [1.807, 2.05) is 37.3 Å². The van der Waals surface area contributed by atoms with Crippen molar-refractivity contribution in [3.05, 3.63) is 51.1 Å². The van der Waals surface area contributed by atoms with Crippen LogP contribution >= 0.6 is 23.1 Å². The predicted octanol–water partition coefficient (Wildman–Crippen LogP) is 4.64. The maximum absolute atomic E-state index is 13.7. The van der Waals surface area contributed by atoms with Crippen molar-refractivity contribution in [1.29, 1.82) is 0 Å². The van der Waals surface area contributed by atoms with E-state index in [9.17, 15) is 9.59 Å². The maximum atomic E-state index is 13.7. The molecule has 1 aliphatic heterocycles. The zero-order valence-electron chi connectivity index (χ0n) is 18.1. The summed E-state index contributed by atoms with van der Waals surface area (Å²) in [5.41, 5.74) is 1.97. The molecule has 0 spiro atoms. The van der Waals surface area contributed by atoms with Gasteiger partial charge in [-0.2, -0.15) is 0 Å². The van der Waals surface area contributed by atoms with Gasteiger partial charge < -0.3 is 10.1 Å². The number of amides is 1. The Hall–Kier alpha value is -2.16. The number of para-hydroxylation sites is 1. The summed E-state index contributed by atoms with van der Waals surface area (Å²) in [6.07, 6.45) is 6.25. The van der Waals surface area contributed by atoms with Gasteiger partial charge in [0.25, 0.3) is 5.56 Å². The number of aryl methyl sites for hydroxylation is 2. The lowest BCUT2D eigenvalue weighted by atomic mass is 9.97. The molecule has 0 bridgehead atoms. The molecule has 8 heteroatoms. The fourth-order valence-electron chi connectivity index (χ4n) is 4.44. The zero-order valence-corrected chi connectivity index (χ0v) is 19.8. The van der Waals surface area contributed by atoms with Crippen molar-refractivity contribution in [3.63, 3.8) is 0 Å². The van der Waals surface area contributed by atoms with Crippen LogP contribution in [0, 0.1) is 0 Å². The molecule has 0 saturated carbocycles. The number of fused-ring (bicyclic) bond motifs is 3. The van der Waals surface area contributed by atoms with E-state index in [0.29, 0.717) is 11.7 Å². The first-order chi connectivity index (χ1) is 15.6. The number of anilines is 1. The number of ether oxygens (including phenoxy) is 1. The van der Waals surface area contributed by atoms with Crippen LogP contribution in [0.1, 0.15) is 43.0 Å². The van der Waals surface area contributed by atoms with Gasteiger partial charge in [0.15, 0.2) is 5.16 Å². The molecule has 1 aliphatic carbocycles. The minimum absolute atomic E-state index is 0.0167. The molecule has 2 atom stereocenters. The lowest BCUT2D eigenvalue weighted by molar-refractivity contribution is -0.115. The Labute approximate surface area is 195 Å². The molecule has 1 amide bonds. The number of hydrogen-bond acceptors (Lipinski definition) is 6. The SMILES string of the molecule is CC(Sc1nc2sc3c(c2c(=O)n1CC1CCCO1)CCCC3)C(=O)Nc1ccccc1. The predicted molar refractivity (Wildman–Crippen MR) is 130 cm³/mol. The molecular weight excluding hydrogens is 442 g/mol. The highest BCUT2D eigenvalue weighted by atomic mass is 32.2. The Kier molecular flexibility index (Phi) is 6.35. The van der Waals surface area contributed by atoms with Gasteiger partial charge in [0.2, 0.25) is 5.91 Å². The van der Waals surface area contributed by atoms with Crippen molar-refractivity contribution in [2.24, 2.45) is 0 Å². The van der Waals surface area contributed by atoms with Gasteiger partial charge in [-0.1, -0.05) is 30.0 Å². The highest BCUT2D eigenvalue weighted by molar-refractivity contribution is 8.00. The normalized spacial score (nSPS) is 19.1. The lowest BCUT2D eigenvalue weighted by Gasteiger charge is -2.18. The minimum Gasteiger partial charge on any atom is -0.376 e. The molecule has 1 fully saturated rings. The van der Waals surface area contributed by atoms with E-state index in [0.717, 1.165) is 54.6 Å². The summed E-state index contributed by atoms with van der Waals surface area (Å²) in [6, 6.07) is 9.42. The van der Waals surface area contributed by atoms with E-state index in [2.05, 4.69) is 5.32 Å². The number of nitrogens with one attached hydrogen (secondary N) is 1. The summed E-state index contributed by atoms with van der Waals surface area (Å²) in [4.78, 5) is 33.5. The van der Waals surface area contributed by atoms with Gasteiger partial charge in [-0.05, 0) is 63.1 Å². The first-order valence-corrected chi connectivity index (χ1v) is 13.0. The van der Waals surface area contributed by atoms with Crippen molar-refractivity contribution < 1.29 is 9.53 Å². The second-order valence-electron chi connectivity index (χ2n) is 8.45. The van der Waals surface area contributed by atoms with Crippen molar-refractivity contribution >= 4 is 44.9 Å². The number of thiophene rings is 1. The summed E-state index contributed by atoms with van der Waals surface area (Å²) in [7, 11) is 0. The molecule has 3 aromatic rings.